The van der Waals surface area contributed by atoms with Crippen molar-refractivity contribution in [2.45, 2.75) is 32.3 Å². The summed E-state index contributed by atoms with van der Waals surface area (Å²) < 4.78 is 5.91. The second-order valence-electron chi connectivity index (χ2n) is 4.81. The van der Waals surface area contributed by atoms with E-state index in [0.29, 0.717) is 11.6 Å². The fraction of sp³-hybridized carbons (Fsp3) is 0.462. The van der Waals surface area contributed by atoms with Gasteiger partial charge >= 0.3 is 5.97 Å². The Morgan fingerprint density at radius 3 is 2.56 bits per heavy atom. The van der Waals surface area contributed by atoms with Crippen molar-refractivity contribution in [3.8, 4) is 0 Å². The fourth-order valence-electron chi connectivity index (χ4n) is 1.76. The van der Waals surface area contributed by atoms with Gasteiger partial charge in [-0.2, -0.15) is 0 Å². The predicted octanol–water partition coefficient (Wildman–Crippen LogP) is 4.00. The second-order valence-corrected chi connectivity index (χ2v) is 6.07. The summed E-state index contributed by atoms with van der Waals surface area (Å²) in [6, 6.07) is 3.72. The van der Waals surface area contributed by atoms with Crippen molar-refractivity contribution >= 4 is 33.5 Å². The molecule has 0 aliphatic rings. The van der Waals surface area contributed by atoms with Crippen molar-refractivity contribution < 1.29 is 14.6 Å². The molecule has 0 saturated heterocycles. The van der Waals surface area contributed by atoms with Crippen molar-refractivity contribution in [2.24, 2.45) is 0 Å². The first kappa shape index (κ1) is 15.5. The van der Waals surface area contributed by atoms with Crippen molar-refractivity contribution in [1.82, 2.24) is 0 Å². The second kappa shape index (κ2) is 6.04. The lowest BCUT2D eigenvalue weighted by molar-refractivity contribution is -0.138. The van der Waals surface area contributed by atoms with E-state index in [2.05, 4.69) is 15.9 Å². The number of hydrogen-bond acceptors (Lipinski definition) is 2. The van der Waals surface area contributed by atoms with Gasteiger partial charge in [-0.3, -0.25) is 4.79 Å². The number of aliphatic carboxylic acids is 1. The Bertz CT molecular complexity index is 435. The number of benzene rings is 1. The van der Waals surface area contributed by atoms with Crippen LogP contribution in [0.4, 0.5) is 0 Å². The van der Waals surface area contributed by atoms with E-state index >= 15 is 0 Å². The standard InChI is InChI=1S/C13H16BrClO3/c1-13(2,6-12(16)17)8-4-10(14)9(7-18-3)11(15)5-8/h4-5H,6-7H2,1-3H3,(H,16,17). The van der Waals surface area contributed by atoms with Crippen LogP contribution in [0.3, 0.4) is 0 Å². The molecule has 0 radical (unpaired) electrons. The van der Waals surface area contributed by atoms with Crippen LogP contribution in [0.1, 0.15) is 31.4 Å². The molecule has 0 fully saturated rings. The number of methoxy groups -OCH3 is 1. The lowest BCUT2D eigenvalue weighted by Crippen LogP contribution is -2.21. The van der Waals surface area contributed by atoms with E-state index in [4.69, 9.17) is 21.4 Å². The number of carboxylic acids is 1. The molecule has 0 spiro atoms. The zero-order valence-electron chi connectivity index (χ0n) is 10.6. The van der Waals surface area contributed by atoms with Crippen LogP contribution < -0.4 is 0 Å². The van der Waals surface area contributed by atoms with E-state index in [9.17, 15) is 4.79 Å². The SMILES string of the molecule is COCc1c(Cl)cc(C(C)(C)CC(=O)O)cc1Br. The first-order valence-corrected chi connectivity index (χ1v) is 6.64. The average molecular weight is 336 g/mol. The van der Waals surface area contributed by atoms with E-state index in [1.165, 1.54) is 0 Å². The third-order valence-corrected chi connectivity index (χ3v) is 3.85. The van der Waals surface area contributed by atoms with E-state index in [1.807, 2.05) is 26.0 Å². The molecular weight excluding hydrogens is 319 g/mol. The third-order valence-electron chi connectivity index (χ3n) is 2.80. The van der Waals surface area contributed by atoms with E-state index < -0.39 is 11.4 Å². The summed E-state index contributed by atoms with van der Waals surface area (Å²) in [4.78, 5) is 10.9. The molecule has 0 heterocycles. The molecule has 0 bridgehead atoms. The maximum atomic E-state index is 10.9. The van der Waals surface area contributed by atoms with Gasteiger partial charge in [0.25, 0.3) is 0 Å². The van der Waals surface area contributed by atoms with E-state index in [0.717, 1.165) is 15.6 Å². The van der Waals surface area contributed by atoms with Gasteiger partial charge in [0.2, 0.25) is 0 Å². The highest BCUT2D eigenvalue weighted by atomic mass is 79.9. The van der Waals surface area contributed by atoms with Crippen LogP contribution in [0, 0.1) is 0 Å². The van der Waals surface area contributed by atoms with Crippen molar-refractivity contribution in [1.29, 1.82) is 0 Å². The number of carbonyl (C=O) groups is 1. The molecule has 3 nitrogen and oxygen atoms in total. The summed E-state index contributed by atoms with van der Waals surface area (Å²) >= 11 is 9.64. The molecular formula is C13H16BrClO3. The number of hydrogen-bond donors (Lipinski definition) is 1. The topological polar surface area (TPSA) is 46.5 Å². The lowest BCUT2D eigenvalue weighted by Gasteiger charge is -2.24. The molecule has 0 aromatic heterocycles. The first-order chi connectivity index (χ1) is 8.27. The number of halogens is 2. The van der Waals surface area contributed by atoms with Gasteiger partial charge in [0.05, 0.1) is 13.0 Å². The highest BCUT2D eigenvalue weighted by molar-refractivity contribution is 9.10. The molecule has 1 aromatic carbocycles. The van der Waals surface area contributed by atoms with Gasteiger partial charge in [-0.05, 0) is 17.7 Å². The largest absolute Gasteiger partial charge is 0.481 e. The Morgan fingerprint density at radius 2 is 2.11 bits per heavy atom. The van der Waals surface area contributed by atoms with Crippen LogP contribution in [-0.2, 0) is 21.6 Å². The maximum Gasteiger partial charge on any atom is 0.304 e. The Morgan fingerprint density at radius 1 is 1.50 bits per heavy atom. The Balaban J connectivity index is 3.16. The molecule has 0 unspecified atom stereocenters. The van der Waals surface area contributed by atoms with Gasteiger partial charge in [0.1, 0.15) is 0 Å². The van der Waals surface area contributed by atoms with Gasteiger partial charge in [0, 0.05) is 27.6 Å². The minimum absolute atomic E-state index is 0.0550. The Labute approximate surface area is 120 Å². The molecule has 1 rings (SSSR count). The summed E-state index contributed by atoms with van der Waals surface area (Å²) in [5.74, 6) is -0.826. The molecule has 0 atom stereocenters. The zero-order chi connectivity index (χ0) is 13.9. The van der Waals surface area contributed by atoms with Crippen LogP contribution in [0.2, 0.25) is 5.02 Å². The predicted molar refractivity (Wildman–Crippen MR) is 75.1 cm³/mol. The smallest absolute Gasteiger partial charge is 0.304 e. The summed E-state index contributed by atoms with van der Waals surface area (Å²) in [7, 11) is 1.60. The maximum absolute atomic E-state index is 10.9. The van der Waals surface area contributed by atoms with E-state index in [-0.39, 0.29) is 6.42 Å². The quantitative estimate of drug-likeness (QED) is 0.884. The molecule has 1 N–H and O–H groups in total. The minimum Gasteiger partial charge on any atom is -0.481 e. The van der Waals surface area contributed by atoms with E-state index in [1.54, 1.807) is 7.11 Å². The Hall–Kier alpha value is -0.580. The summed E-state index contributed by atoms with van der Waals surface area (Å²) in [6.07, 6.45) is 0.0550. The number of ether oxygens (including phenoxy) is 1. The van der Waals surface area contributed by atoms with Crippen LogP contribution in [0.15, 0.2) is 16.6 Å². The van der Waals surface area contributed by atoms with Gasteiger partial charge in [0.15, 0.2) is 0 Å². The van der Waals surface area contributed by atoms with Crippen LogP contribution in [-0.4, -0.2) is 18.2 Å². The lowest BCUT2D eigenvalue weighted by atomic mass is 9.81. The highest BCUT2D eigenvalue weighted by Gasteiger charge is 2.25. The van der Waals surface area contributed by atoms with Gasteiger partial charge in [-0.1, -0.05) is 41.4 Å². The van der Waals surface area contributed by atoms with Crippen LogP contribution >= 0.6 is 27.5 Å². The minimum atomic E-state index is -0.826. The molecule has 18 heavy (non-hydrogen) atoms. The summed E-state index contributed by atoms with van der Waals surface area (Å²) in [6.45, 7) is 4.18. The van der Waals surface area contributed by atoms with Crippen molar-refractivity contribution in [2.75, 3.05) is 7.11 Å². The van der Waals surface area contributed by atoms with Gasteiger partial charge in [-0.15, -0.1) is 0 Å². The number of rotatable bonds is 5. The number of carboxylic acid groups (broad SMARTS) is 1. The monoisotopic (exact) mass is 334 g/mol. The normalized spacial score (nSPS) is 11.6. The Kier molecular flexibility index (Phi) is 5.20. The van der Waals surface area contributed by atoms with Gasteiger partial charge in [-0.25, -0.2) is 0 Å². The van der Waals surface area contributed by atoms with Crippen molar-refractivity contribution in [3.63, 3.8) is 0 Å². The fourth-order valence-corrected chi connectivity index (χ4v) is 2.72. The third kappa shape index (κ3) is 3.70. The van der Waals surface area contributed by atoms with Crippen LogP contribution in [0.5, 0.6) is 0 Å². The molecule has 0 aliphatic carbocycles. The average Bonchev–Trinajstić information content (AvgIpc) is 2.21. The van der Waals surface area contributed by atoms with Crippen molar-refractivity contribution in [3.05, 3.63) is 32.8 Å². The molecule has 100 valence electrons. The molecule has 0 amide bonds. The summed E-state index contributed by atoms with van der Waals surface area (Å²) in [5, 5.41) is 9.51. The molecule has 0 aliphatic heterocycles. The zero-order valence-corrected chi connectivity index (χ0v) is 12.9. The molecule has 1 aromatic rings. The van der Waals surface area contributed by atoms with Crippen LogP contribution in [0.25, 0.3) is 0 Å². The summed E-state index contributed by atoms with van der Waals surface area (Å²) in [5.41, 5.74) is 1.29. The first-order valence-electron chi connectivity index (χ1n) is 5.47. The highest BCUT2D eigenvalue weighted by Crippen LogP contribution is 2.35. The molecule has 0 saturated carbocycles. The molecule has 5 heteroatoms. The van der Waals surface area contributed by atoms with Gasteiger partial charge < -0.3 is 9.84 Å².